The van der Waals surface area contributed by atoms with Crippen molar-refractivity contribution in [3.63, 3.8) is 0 Å². The molecule has 3 aromatic rings. The third-order valence-corrected chi connectivity index (χ3v) is 5.41. The first kappa shape index (κ1) is 19.0. The summed E-state index contributed by atoms with van der Waals surface area (Å²) in [4.78, 5) is 2.77. The van der Waals surface area contributed by atoms with E-state index in [1.807, 2.05) is 4.72 Å². The van der Waals surface area contributed by atoms with Gasteiger partial charge in [0.1, 0.15) is 28.5 Å². The minimum Gasteiger partial charge on any atom is -0.497 e. The van der Waals surface area contributed by atoms with Gasteiger partial charge in [-0.15, -0.1) is 0 Å². The first-order valence-electron chi connectivity index (χ1n) is 7.40. The SMILES string of the molecule is COc1cc(C)cc(Oc2cc(F)c(S(=O)(=O)Nc3ncns3)cc2F)c1. The number of hydrogen-bond acceptors (Lipinski definition) is 7. The van der Waals surface area contributed by atoms with E-state index >= 15 is 0 Å². The summed E-state index contributed by atoms with van der Waals surface area (Å²) >= 11 is 0.760. The van der Waals surface area contributed by atoms with Gasteiger partial charge >= 0.3 is 0 Å². The van der Waals surface area contributed by atoms with Crippen LogP contribution in [0.15, 0.2) is 41.6 Å². The van der Waals surface area contributed by atoms with Crippen molar-refractivity contribution in [2.24, 2.45) is 0 Å². The van der Waals surface area contributed by atoms with Gasteiger partial charge in [-0.2, -0.15) is 4.37 Å². The molecule has 0 saturated carbocycles. The number of halogens is 2. The second-order valence-electron chi connectivity index (χ2n) is 5.35. The number of rotatable bonds is 6. The summed E-state index contributed by atoms with van der Waals surface area (Å²) in [6.45, 7) is 1.78. The second-order valence-corrected chi connectivity index (χ2v) is 7.78. The molecule has 0 aliphatic rings. The maximum Gasteiger partial charge on any atom is 0.266 e. The highest BCUT2D eigenvalue weighted by Crippen LogP contribution is 2.32. The Morgan fingerprint density at radius 3 is 2.48 bits per heavy atom. The van der Waals surface area contributed by atoms with Crippen molar-refractivity contribution in [1.82, 2.24) is 9.36 Å². The Morgan fingerprint density at radius 2 is 1.81 bits per heavy atom. The van der Waals surface area contributed by atoms with E-state index in [4.69, 9.17) is 9.47 Å². The minimum atomic E-state index is -4.38. The van der Waals surface area contributed by atoms with Crippen LogP contribution in [0, 0.1) is 18.6 Å². The van der Waals surface area contributed by atoms with E-state index in [2.05, 4.69) is 9.36 Å². The third-order valence-electron chi connectivity index (χ3n) is 3.35. The van der Waals surface area contributed by atoms with Gasteiger partial charge in [0.15, 0.2) is 11.6 Å². The summed E-state index contributed by atoms with van der Waals surface area (Å²) in [5.74, 6) is -1.99. The van der Waals surface area contributed by atoms with Crippen molar-refractivity contribution in [1.29, 1.82) is 0 Å². The number of hydrogen-bond donors (Lipinski definition) is 1. The normalized spacial score (nSPS) is 11.3. The lowest BCUT2D eigenvalue weighted by atomic mass is 10.2. The topological polar surface area (TPSA) is 90.4 Å². The van der Waals surface area contributed by atoms with Crippen molar-refractivity contribution in [2.45, 2.75) is 11.8 Å². The fraction of sp³-hybridized carbons (Fsp3) is 0.125. The number of nitrogens with one attached hydrogen (secondary N) is 1. The molecular weight excluding hydrogens is 400 g/mol. The van der Waals surface area contributed by atoms with Crippen LogP contribution >= 0.6 is 11.5 Å². The molecule has 0 bridgehead atoms. The van der Waals surface area contributed by atoms with Gasteiger partial charge in [-0.1, -0.05) is 0 Å². The van der Waals surface area contributed by atoms with Crippen LogP contribution in [0.4, 0.5) is 13.9 Å². The molecule has 11 heteroatoms. The largest absolute Gasteiger partial charge is 0.497 e. The molecule has 0 radical (unpaired) electrons. The Hall–Kier alpha value is -2.79. The number of methoxy groups -OCH3 is 1. The summed E-state index contributed by atoms with van der Waals surface area (Å²) in [5, 5.41) is -0.0676. The molecule has 1 N–H and O–H groups in total. The fourth-order valence-corrected chi connectivity index (χ4v) is 3.93. The number of nitrogens with zero attached hydrogens (tertiary/aromatic N) is 2. The van der Waals surface area contributed by atoms with Crippen LogP contribution in [0.2, 0.25) is 0 Å². The van der Waals surface area contributed by atoms with Crippen LogP contribution in [0.5, 0.6) is 17.2 Å². The molecule has 1 aromatic heterocycles. The zero-order chi connectivity index (χ0) is 19.6. The highest BCUT2D eigenvalue weighted by atomic mass is 32.2. The molecule has 0 aliphatic carbocycles. The third kappa shape index (κ3) is 4.31. The molecule has 2 aromatic carbocycles. The quantitative estimate of drug-likeness (QED) is 0.662. The van der Waals surface area contributed by atoms with Gasteiger partial charge in [-0.25, -0.2) is 22.2 Å². The molecule has 0 unspecified atom stereocenters. The number of benzene rings is 2. The van der Waals surface area contributed by atoms with Gasteiger partial charge in [0, 0.05) is 29.7 Å². The van der Waals surface area contributed by atoms with Crippen LogP contribution in [-0.2, 0) is 10.0 Å². The van der Waals surface area contributed by atoms with Crippen molar-refractivity contribution < 1.29 is 26.7 Å². The Kier molecular flexibility index (Phi) is 5.24. The molecular formula is C16H13F2N3O4S2. The highest BCUT2D eigenvalue weighted by molar-refractivity contribution is 7.93. The monoisotopic (exact) mass is 413 g/mol. The summed E-state index contributed by atoms with van der Waals surface area (Å²) < 4.78 is 69.3. The van der Waals surface area contributed by atoms with E-state index in [-0.39, 0.29) is 10.9 Å². The van der Waals surface area contributed by atoms with Gasteiger partial charge in [0.05, 0.1) is 7.11 Å². The van der Waals surface area contributed by atoms with Gasteiger partial charge in [-0.3, -0.25) is 4.72 Å². The number of ether oxygens (including phenoxy) is 2. The lowest BCUT2D eigenvalue weighted by Gasteiger charge is -2.12. The molecule has 0 atom stereocenters. The molecule has 1 heterocycles. The van der Waals surface area contributed by atoms with Crippen molar-refractivity contribution in [2.75, 3.05) is 11.8 Å². The van der Waals surface area contributed by atoms with Crippen LogP contribution in [0.3, 0.4) is 0 Å². The number of anilines is 1. The summed E-state index contributed by atoms with van der Waals surface area (Å²) in [6, 6.07) is 6.03. The molecule has 0 spiro atoms. The standard InChI is InChI=1S/C16H13F2N3O4S2/c1-9-3-10(24-2)5-11(4-9)25-14-6-13(18)15(7-12(14)17)27(22,23)21-16-19-8-20-26-16/h3-8H,1-2H3,(H,19,20,21). The van der Waals surface area contributed by atoms with E-state index in [1.54, 1.807) is 19.1 Å². The van der Waals surface area contributed by atoms with Crippen molar-refractivity contribution in [3.05, 3.63) is 53.9 Å². The van der Waals surface area contributed by atoms with Crippen LogP contribution in [0.25, 0.3) is 0 Å². The van der Waals surface area contributed by atoms with E-state index in [0.29, 0.717) is 17.9 Å². The zero-order valence-electron chi connectivity index (χ0n) is 14.1. The van der Waals surface area contributed by atoms with E-state index in [9.17, 15) is 17.2 Å². The average molecular weight is 413 g/mol. The molecule has 7 nitrogen and oxygen atoms in total. The number of aryl methyl sites for hydroxylation is 1. The zero-order valence-corrected chi connectivity index (χ0v) is 15.7. The van der Waals surface area contributed by atoms with Gasteiger partial charge in [0.2, 0.25) is 5.13 Å². The second kappa shape index (κ2) is 7.45. The van der Waals surface area contributed by atoms with Gasteiger partial charge in [-0.05, 0) is 24.6 Å². The molecule has 0 fully saturated rings. The fourth-order valence-electron chi connectivity index (χ4n) is 2.20. The van der Waals surface area contributed by atoms with Crippen LogP contribution < -0.4 is 14.2 Å². The van der Waals surface area contributed by atoms with Crippen molar-refractivity contribution in [3.8, 4) is 17.2 Å². The summed E-state index contributed by atoms with van der Waals surface area (Å²) in [7, 11) is -2.91. The lowest BCUT2D eigenvalue weighted by molar-refractivity contribution is 0.403. The predicted molar refractivity (Wildman–Crippen MR) is 94.9 cm³/mol. The minimum absolute atomic E-state index is 0.0676. The maximum absolute atomic E-state index is 14.4. The first-order chi connectivity index (χ1) is 12.8. The van der Waals surface area contributed by atoms with Gasteiger partial charge < -0.3 is 9.47 Å². The molecule has 0 amide bonds. The number of aromatic nitrogens is 2. The lowest BCUT2D eigenvalue weighted by Crippen LogP contribution is -2.15. The first-order valence-corrected chi connectivity index (χ1v) is 9.66. The summed E-state index contributed by atoms with van der Waals surface area (Å²) in [5.41, 5.74) is 0.783. The molecule has 0 aliphatic heterocycles. The molecule has 0 saturated heterocycles. The van der Waals surface area contributed by atoms with Gasteiger partial charge in [0.25, 0.3) is 10.0 Å². The van der Waals surface area contributed by atoms with Crippen LogP contribution in [-0.4, -0.2) is 24.9 Å². The molecule has 27 heavy (non-hydrogen) atoms. The van der Waals surface area contributed by atoms with Crippen LogP contribution in [0.1, 0.15) is 5.56 Å². The number of sulfonamides is 1. The Bertz CT molecular complexity index is 1070. The van der Waals surface area contributed by atoms with E-state index < -0.39 is 32.3 Å². The van der Waals surface area contributed by atoms with E-state index in [1.165, 1.54) is 13.2 Å². The Labute approximate surface area is 157 Å². The van der Waals surface area contributed by atoms with E-state index in [0.717, 1.165) is 23.4 Å². The predicted octanol–water partition coefficient (Wildman–Crippen LogP) is 3.73. The summed E-state index contributed by atoms with van der Waals surface area (Å²) in [6.07, 6.45) is 1.13. The Morgan fingerprint density at radius 1 is 1.07 bits per heavy atom. The highest BCUT2D eigenvalue weighted by Gasteiger charge is 2.24. The molecule has 142 valence electrons. The van der Waals surface area contributed by atoms with Crippen molar-refractivity contribution >= 4 is 26.7 Å². The smallest absolute Gasteiger partial charge is 0.266 e. The molecule has 3 rings (SSSR count). The average Bonchev–Trinajstić information content (AvgIpc) is 3.09. The Balaban J connectivity index is 1.92. The maximum atomic E-state index is 14.4.